The van der Waals surface area contributed by atoms with Crippen molar-refractivity contribution in [3.8, 4) is 11.1 Å². The molecule has 0 spiro atoms. The lowest BCUT2D eigenvalue weighted by atomic mass is 9.95. The summed E-state index contributed by atoms with van der Waals surface area (Å²) in [4.78, 5) is 0. The van der Waals surface area contributed by atoms with E-state index in [-0.39, 0.29) is 0 Å². The average Bonchev–Trinajstić information content (AvgIpc) is 3.17. The zero-order valence-corrected chi connectivity index (χ0v) is 17.4. The highest BCUT2D eigenvalue weighted by Crippen LogP contribution is 2.41. The molecule has 0 aliphatic carbocycles. The van der Waals surface area contributed by atoms with Gasteiger partial charge >= 0.3 is 0 Å². The Labute approximate surface area is 181 Å². The molecule has 0 fully saturated rings. The van der Waals surface area contributed by atoms with Gasteiger partial charge < -0.3 is 4.42 Å². The molecule has 0 unspecified atom stereocenters. The van der Waals surface area contributed by atoms with Crippen LogP contribution in [0.1, 0.15) is 16.7 Å². The molecule has 1 aromatic heterocycles. The molecule has 6 aromatic rings. The van der Waals surface area contributed by atoms with E-state index in [2.05, 4.69) is 110 Å². The third-order valence-corrected chi connectivity index (χ3v) is 6.13. The summed E-state index contributed by atoms with van der Waals surface area (Å²) in [7, 11) is 0. The largest absolute Gasteiger partial charge is 0.455 e. The number of hydrogen-bond acceptors (Lipinski definition) is 1. The highest BCUT2D eigenvalue weighted by Gasteiger charge is 2.17. The van der Waals surface area contributed by atoms with Crippen LogP contribution in [0, 0.1) is 6.92 Å². The summed E-state index contributed by atoms with van der Waals surface area (Å²) in [5.41, 5.74) is 8.13. The van der Waals surface area contributed by atoms with Gasteiger partial charge in [0.25, 0.3) is 0 Å². The molecule has 0 radical (unpaired) electrons. The van der Waals surface area contributed by atoms with Crippen molar-refractivity contribution < 1.29 is 4.42 Å². The molecule has 148 valence electrons. The van der Waals surface area contributed by atoms with Crippen LogP contribution in [0.3, 0.4) is 0 Å². The Balaban J connectivity index is 1.67. The van der Waals surface area contributed by atoms with Gasteiger partial charge in [-0.2, -0.15) is 0 Å². The fourth-order valence-electron chi connectivity index (χ4n) is 4.73. The first-order valence-electron chi connectivity index (χ1n) is 10.7. The zero-order valence-electron chi connectivity index (χ0n) is 17.4. The molecule has 0 amide bonds. The monoisotopic (exact) mass is 398 g/mol. The molecule has 1 nitrogen and oxygen atoms in total. The number of aryl methyl sites for hydroxylation is 1. The molecule has 0 saturated heterocycles. The number of rotatable bonds is 3. The summed E-state index contributed by atoms with van der Waals surface area (Å²) in [5.74, 6) is 0. The molecule has 5 aromatic carbocycles. The average molecular weight is 399 g/mol. The van der Waals surface area contributed by atoms with E-state index in [1.807, 2.05) is 0 Å². The minimum absolute atomic E-state index is 0.860. The molecule has 0 atom stereocenters. The molecule has 0 bridgehead atoms. The molecule has 1 heterocycles. The van der Waals surface area contributed by atoms with Crippen LogP contribution in [0.15, 0.2) is 108 Å². The maximum atomic E-state index is 6.68. The molecule has 31 heavy (non-hydrogen) atoms. The summed E-state index contributed by atoms with van der Waals surface area (Å²) in [6, 6.07) is 36.7. The Bertz CT molecular complexity index is 1550. The second-order valence-corrected chi connectivity index (χ2v) is 8.28. The number of benzene rings is 5. The summed E-state index contributed by atoms with van der Waals surface area (Å²) in [5, 5.41) is 4.82. The molecule has 0 saturated carbocycles. The van der Waals surface area contributed by atoms with Gasteiger partial charge in [0.15, 0.2) is 0 Å². The number of para-hydroxylation sites is 1. The molecule has 0 aliphatic heterocycles. The lowest BCUT2D eigenvalue weighted by Gasteiger charge is -2.08. The van der Waals surface area contributed by atoms with Gasteiger partial charge in [0.1, 0.15) is 11.2 Å². The maximum Gasteiger partial charge on any atom is 0.143 e. The minimum atomic E-state index is 0.860. The summed E-state index contributed by atoms with van der Waals surface area (Å²) < 4.78 is 6.68. The predicted octanol–water partition coefficient (Wildman–Crippen LogP) is 8.31. The van der Waals surface area contributed by atoms with Crippen LogP contribution in [-0.2, 0) is 6.42 Å². The highest BCUT2D eigenvalue weighted by molar-refractivity contribution is 6.18. The smallest absolute Gasteiger partial charge is 0.143 e. The Morgan fingerprint density at radius 2 is 1.39 bits per heavy atom. The maximum absolute atomic E-state index is 6.68. The van der Waals surface area contributed by atoms with E-state index in [1.54, 1.807) is 0 Å². The highest BCUT2D eigenvalue weighted by atomic mass is 16.3. The third kappa shape index (κ3) is 3.02. The van der Waals surface area contributed by atoms with Crippen molar-refractivity contribution in [2.75, 3.05) is 0 Å². The Morgan fingerprint density at radius 1 is 0.613 bits per heavy atom. The first-order valence-corrected chi connectivity index (χ1v) is 10.7. The van der Waals surface area contributed by atoms with Crippen molar-refractivity contribution in [2.24, 2.45) is 0 Å². The topological polar surface area (TPSA) is 13.1 Å². The van der Waals surface area contributed by atoms with Crippen molar-refractivity contribution in [3.05, 3.63) is 120 Å². The van der Waals surface area contributed by atoms with E-state index < -0.39 is 0 Å². The van der Waals surface area contributed by atoms with Crippen LogP contribution in [-0.4, -0.2) is 0 Å². The second-order valence-electron chi connectivity index (χ2n) is 8.28. The lowest BCUT2D eigenvalue weighted by molar-refractivity contribution is 0.665. The van der Waals surface area contributed by atoms with Crippen LogP contribution in [0.25, 0.3) is 43.8 Å². The summed E-state index contributed by atoms with van der Waals surface area (Å²) in [6.07, 6.45) is 0.860. The Kier molecular flexibility index (Phi) is 4.14. The SMILES string of the molecule is Cc1cccc(Cc2cccc3c2oc2c(-c4ccccc4)c4ccccc4cc23)c1. The van der Waals surface area contributed by atoms with E-state index in [9.17, 15) is 0 Å². The van der Waals surface area contributed by atoms with E-state index in [4.69, 9.17) is 4.42 Å². The van der Waals surface area contributed by atoms with Gasteiger partial charge in [0, 0.05) is 22.8 Å². The van der Waals surface area contributed by atoms with Gasteiger partial charge in [0.2, 0.25) is 0 Å². The van der Waals surface area contributed by atoms with E-state index in [1.165, 1.54) is 49.4 Å². The fraction of sp³-hybridized carbons (Fsp3) is 0.0667. The van der Waals surface area contributed by atoms with Gasteiger partial charge in [0.05, 0.1) is 0 Å². The normalized spacial score (nSPS) is 11.5. The Morgan fingerprint density at radius 3 is 2.26 bits per heavy atom. The molecular weight excluding hydrogens is 376 g/mol. The van der Waals surface area contributed by atoms with Gasteiger partial charge in [-0.1, -0.05) is 103 Å². The third-order valence-electron chi connectivity index (χ3n) is 6.13. The standard InChI is InChI=1S/C30H22O/c1-20-9-7-10-21(17-20)18-24-14-8-16-26-27-19-23-13-5-6-15-25(23)28(30(27)31-29(24)26)22-11-3-2-4-12-22/h2-17,19H,18H2,1H3. The molecule has 6 rings (SSSR count). The van der Waals surface area contributed by atoms with E-state index in [0.29, 0.717) is 0 Å². The van der Waals surface area contributed by atoms with E-state index in [0.717, 1.165) is 17.6 Å². The first kappa shape index (κ1) is 18.0. The molecule has 1 heteroatoms. The minimum Gasteiger partial charge on any atom is -0.455 e. The van der Waals surface area contributed by atoms with Crippen molar-refractivity contribution in [1.82, 2.24) is 0 Å². The number of fused-ring (bicyclic) bond motifs is 4. The van der Waals surface area contributed by atoms with Gasteiger partial charge in [-0.3, -0.25) is 0 Å². The van der Waals surface area contributed by atoms with E-state index >= 15 is 0 Å². The quantitative estimate of drug-likeness (QED) is 0.292. The second kappa shape index (κ2) is 7.14. The zero-order chi connectivity index (χ0) is 20.8. The molecular formula is C30H22O. The van der Waals surface area contributed by atoms with Crippen LogP contribution in [0.5, 0.6) is 0 Å². The summed E-state index contributed by atoms with van der Waals surface area (Å²) in [6.45, 7) is 2.14. The van der Waals surface area contributed by atoms with Crippen molar-refractivity contribution in [3.63, 3.8) is 0 Å². The van der Waals surface area contributed by atoms with Crippen LogP contribution in [0.4, 0.5) is 0 Å². The van der Waals surface area contributed by atoms with Crippen molar-refractivity contribution in [2.45, 2.75) is 13.3 Å². The lowest BCUT2D eigenvalue weighted by Crippen LogP contribution is -1.89. The van der Waals surface area contributed by atoms with Gasteiger partial charge in [-0.25, -0.2) is 0 Å². The number of furan rings is 1. The molecule has 0 aliphatic rings. The van der Waals surface area contributed by atoms with Crippen molar-refractivity contribution in [1.29, 1.82) is 0 Å². The molecule has 0 N–H and O–H groups in total. The van der Waals surface area contributed by atoms with Crippen molar-refractivity contribution >= 4 is 32.7 Å². The van der Waals surface area contributed by atoms with Gasteiger partial charge in [-0.15, -0.1) is 0 Å². The van der Waals surface area contributed by atoms with Crippen LogP contribution in [0.2, 0.25) is 0 Å². The summed E-state index contributed by atoms with van der Waals surface area (Å²) >= 11 is 0. The Hall–Kier alpha value is -3.84. The van der Waals surface area contributed by atoms with Crippen LogP contribution >= 0.6 is 0 Å². The van der Waals surface area contributed by atoms with Gasteiger partial charge in [-0.05, 0) is 40.5 Å². The van der Waals surface area contributed by atoms with Crippen LogP contribution < -0.4 is 0 Å². The fourth-order valence-corrected chi connectivity index (χ4v) is 4.73. The predicted molar refractivity (Wildman–Crippen MR) is 131 cm³/mol. The number of hydrogen-bond donors (Lipinski definition) is 0. The first-order chi connectivity index (χ1) is 15.3.